The van der Waals surface area contributed by atoms with Gasteiger partial charge in [0.2, 0.25) is 5.89 Å². The first kappa shape index (κ1) is 11.7. The second-order valence-electron chi connectivity index (χ2n) is 3.93. The summed E-state index contributed by atoms with van der Waals surface area (Å²) in [6.45, 7) is 1.65. The van der Waals surface area contributed by atoms with Crippen molar-refractivity contribution in [1.82, 2.24) is 10.1 Å². The second-order valence-corrected chi connectivity index (χ2v) is 3.93. The van der Waals surface area contributed by atoms with Gasteiger partial charge in [-0.1, -0.05) is 23.4 Å². The van der Waals surface area contributed by atoms with Gasteiger partial charge in [-0.05, 0) is 18.6 Å². The van der Waals surface area contributed by atoms with Crippen LogP contribution in [0.15, 0.2) is 28.8 Å². The number of aromatic nitrogens is 2. The predicted octanol–water partition coefficient (Wildman–Crippen LogP) is 1.72. The fourth-order valence-electron chi connectivity index (χ4n) is 1.51. The van der Waals surface area contributed by atoms with E-state index in [0.717, 1.165) is 0 Å². The van der Waals surface area contributed by atoms with Crippen LogP contribution in [0.1, 0.15) is 24.2 Å². The summed E-state index contributed by atoms with van der Waals surface area (Å²) in [6.07, 6.45) is 0.0779. The van der Waals surface area contributed by atoms with Crippen molar-refractivity contribution < 1.29 is 14.0 Å². The zero-order valence-electron chi connectivity index (χ0n) is 9.43. The van der Waals surface area contributed by atoms with Crippen LogP contribution in [0.5, 0.6) is 0 Å². The third-order valence-electron chi connectivity index (χ3n) is 2.29. The van der Waals surface area contributed by atoms with E-state index in [4.69, 9.17) is 9.63 Å². The number of rotatable bonds is 4. The first-order valence-electron chi connectivity index (χ1n) is 5.38. The molecule has 0 spiro atoms. The fourth-order valence-corrected chi connectivity index (χ4v) is 1.51. The minimum Gasteiger partial charge on any atom is -0.393 e. The van der Waals surface area contributed by atoms with Crippen molar-refractivity contribution in [1.29, 1.82) is 0 Å². The van der Waals surface area contributed by atoms with Gasteiger partial charge in [0.15, 0.2) is 5.82 Å². The Kier molecular flexibility index (Phi) is 3.49. The second kappa shape index (κ2) is 5.05. The summed E-state index contributed by atoms with van der Waals surface area (Å²) in [5.41, 5.74) is 0.514. The molecule has 4 nitrogen and oxygen atoms in total. The molecular weight excluding hydrogens is 223 g/mol. The van der Waals surface area contributed by atoms with Gasteiger partial charge in [-0.15, -0.1) is 0 Å². The van der Waals surface area contributed by atoms with Gasteiger partial charge in [0, 0.05) is 6.42 Å². The topological polar surface area (TPSA) is 59.2 Å². The first-order valence-corrected chi connectivity index (χ1v) is 5.38. The van der Waals surface area contributed by atoms with Gasteiger partial charge in [0.05, 0.1) is 12.5 Å². The summed E-state index contributed by atoms with van der Waals surface area (Å²) in [7, 11) is 0. The maximum absolute atomic E-state index is 13.4. The molecule has 1 heterocycles. The van der Waals surface area contributed by atoms with Crippen molar-refractivity contribution in [3.05, 3.63) is 47.4 Å². The number of aliphatic hydroxyl groups is 1. The minimum absolute atomic E-state index is 0.263. The van der Waals surface area contributed by atoms with Crippen LogP contribution < -0.4 is 0 Å². The average Bonchev–Trinajstić information content (AvgIpc) is 2.68. The van der Waals surface area contributed by atoms with Gasteiger partial charge < -0.3 is 9.63 Å². The maximum Gasteiger partial charge on any atom is 0.231 e. The Morgan fingerprint density at radius 3 is 2.88 bits per heavy atom. The number of hydrogen-bond donors (Lipinski definition) is 1. The monoisotopic (exact) mass is 236 g/mol. The Morgan fingerprint density at radius 2 is 2.18 bits per heavy atom. The van der Waals surface area contributed by atoms with Crippen LogP contribution >= 0.6 is 0 Å². The van der Waals surface area contributed by atoms with E-state index >= 15 is 0 Å². The molecule has 0 radical (unpaired) electrons. The lowest BCUT2D eigenvalue weighted by atomic mass is 10.1. The Labute approximate surface area is 98.1 Å². The van der Waals surface area contributed by atoms with E-state index in [-0.39, 0.29) is 12.2 Å². The Balaban J connectivity index is 2.09. The first-order chi connectivity index (χ1) is 8.15. The molecule has 2 aromatic rings. The number of aliphatic hydroxyl groups excluding tert-OH is 1. The van der Waals surface area contributed by atoms with Gasteiger partial charge in [-0.25, -0.2) is 4.39 Å². The van der Waals surface area contributed by atoms with Gasteiger partial charge in [-0.3, -0.25) is 0 Å². The standard InChI is InChI=1S/C12H13FN2O2/c1-8(16)6-11-14-12(17-15-11)7-9-4-2-3-5-10(9)13/h2-5,8,16H,6-7H2,1H3. The third kappa shape index (κ3) is 3.10. The molecule has 0 amide bonds. The molecule has 0 aliphatic carbocycles. The highest BCUT2D eigenvalue weighted by Gasteiger charge is 2.11. The zero-order chi connectivity index (χ0) is 12.3. The molecule has 0 fully saturated rings. The van der Waals surface area contributed by atoms with Crippen LogP contribution in [-0.2, 0) is 12.8 Å². The van der Waals surface area contributed by atoms with Gasteiger partial charge >= 0.3 is 0 Å². The van der Waals surface area contributed by atoms with E-state index in [1.807, 2.05) is 0 Å². The normalized spacial score (nSPS) is 12.6. The number of halogens is 1. The summed E-state index contributed by atoms with van der Waals surface area (Å²) in [5.74, 6) is 0.500. The molecule has 17 heavy (non-hydrogen) atoms. The molecule has 0 aliphatic rings. The lowest BCUT2D eigenvalue weighted by molar-refractivity contribution is 0.191. The number of nitrogens with zero attached hydrogens (tertiary/aromatic N) is 2. The minimum atomic E-state index is -0.520. The van der Waals surface area contributed by atoms with E-state index in [0.29, 0.717) is 23.7 Å². The van der Waals surface area contributed by atoms with Gasteiger partial charge in [0.25, 0.3) is 0 Å². The molecule has 0 aliphatic heterocycles. The van der Waals surface area contributed by atoms with E-state index in [9.17, 15) is 4.39 Å². The Hall–Kier alpha value is -1.75. The molecule has 1 N–H and O–H groups in total. The smallest absolute Gasteiger partial charge is 0.231 e. The lowest BCUT2D eigenvalue weighted by Gasteiger charge is -1.98. The maximum atomic E-state index is 13.4. The highest BCUT2D eigenvalue weighted by Crippen LogP contribution is 2.12. The Morgan fingerprint density at radius 1 is 1.41 bits per heavy atom. The van der Waals surface area contributed by atoms with Gasteiger partial charge in [0.1, 0.15) is 5.82 Å². The Bertz CT molecular complexity index is 497. The van der Waals surface area contributed by atoms with E-state index in [1.165, 1.54) is 6.07 Å². The SMILES string of the molecule is CC(O)Cc1noc(Cc2ccccc2F)n1. The van der Waals surface area contributed by atoms with E-state index < -0.39 is 6.10 Å². The summed E-state index contributed by atoms with van der Waals surface area (Å²) in [6, 6.07) is 6.45. The summed E-state index contributed by atoms with van der Waals surface area (Å²) >= 11 is 0. The van der Waals surface area contributed by atoms with Crippen LogP contribution in [0.4, 0.5) is 4.39 Å². The van der Waals surface area contributed by atoms with Crippen molar-refractivity contribution in [2.24, 2.45) is 0 Å². The summed E-state index contributed by atoms with van der Waals surface area (Å²) in [5, 5.41) is 12.9. The third-order valence-corrected chi connectivity index (χ3v) is 2.29. The molecule has 1 aromatic carbocycles. The molecule has 1 aromatic heterocycles. The lowest BCUT2D eigenvalue weighted by Crippen LogP contribution is -2.05. The molecule has 0 saturated carbocycles. The van der Waals surface area contributed by atoms with Crippen LogP contribution in [0.3, 0.4) is 0 Å². The van der Waals surface area contributed by atoms with Crippen LogP contribution in [0, 0.1) is 5.82 Å². The van der Waals surface area contributed by atoms with E-state index in [1.54, 1.807) is 25.1 Å². The quantitative estimate of drug-likeness (QED) is 0.878. The number of hydrogen-bond acceptors (Lipinski definition) is 4. The molecule has 90 valence electrons. The average molecular weight is 236 g/mol. The molecule has 1 atom stereocenters. The number of benzene rings is 1. The van der Waals surface area contributed by atoms with E-state index in [2.05, 4.69) is 10.1 Å². The molecule has 0 saturated heterocycles. The highest BCUT2D eigenvalue weighted by atomic mass is 19.1. The van der Waals surface area contributed by atoms with Crippen molar-refractivity contribution in [2.45, 2.75) is 25.9 Å². The van der Waals surface area contributed by atoms with Crippen molar-refractivity contribution in [3.8, 4) is 0 Å². The van der Waals surface area contributed by atoms with Gasteiger partial charge in [-0.2, -0.15) is 4.98 Å². The molecular formula is C12H13FN2O2. The van der Waals surface area contributed by atoms with Crippen LogP contribution in [0.2, 0.25) is 0 Å². The predicted molar refractivity (Wildman–Crippen MR) is 58.9 cm³/mol. The molecule has 2 rings (SSSR count). The molecule has 5 heteroatoms. The van der Waals surface area contributed by atoms with Crippen molar-refractivity contribution in [2.75, 3.05) is 0 Å². The summed E-state index contributed by atoms with van der Waals surface area (Å²) < 4.78 is 18.3. The summed E-state index contributed by atoms with van der Waals surface area (Å²) in [4.78, 5) is 4.08. The zero-order valence-corrected chi connectivity index (χ0v) is 9.43. The van der Waals surface area contributed by atoms with Crippen molar-refractivity contribution >= 4 is 0 Å². The fraction of sp³-hybridized carbons (Fsp3) is 0.333. The van der Waals surface area contributed by atoms with Crippen molar-refractivity contribution in [3.63, 3.8) is 0 Å². The van der Waals surface area contributed by atoms with Crippen LogP contribution in [0.25, 0.3) is 0 Å². The largest absolute Gasteiger partial charge is 0.393 e. The van der Waals surface area contributed by atoms with Crippen LogP contribution in [-0.4, -0.2) is 21.4 Å². The highest BCUT2D eigenvalue weighted by molar-refractivity contribution is 5.20. The molecule has 1 unspecified atom stereocenters. The molecule has 0 bridgehead atoms.